The number of amides is 1. The summed E-state index contributed by atoms with van der Waals surface area (Å²) in [5.41, 5.74) is 1.40. The van der Waals surface area contributed by atoms with Crippen LogP contribution in [0.3, 0.4) is 0 Å². The summed E-state index contributed by atoms with van der Waals surface area (Å²) >= 11 is 3.37. The number of benzene rings is 1. The highest BCUT2D eigenvalue weighted by molar-refractivity contribution is 8.38. The zero-order valence-electron chi connectivity index (χ0n) is 13.9. The Morgan fingerprint density at radius 1 is 1.42 bits per heavy atom. The fourth-order valence-corrected chi connectivity index (χ4v) is 4.03. The lowest BCUT2D eigenvalue weighted by atomic mass is 10.1. The maximum absolute atomic E-state index is 12.3. The SMILES string of the molecule is CC[C@H](C)NC(=O)COC(=O)c1ccccc1CSC1=NCCS1. The van der Waals surface area contributed by atoms with E-state index in [1.807, 2.05) is 26.0 Å². The summed E-state index contributed by atoms with van der Waals surface area (Å²) in [5.74, 6) is 0.945. The Bertz CT molecular complexity index is 620. The first-order valence-corrected chi connectivity index (χ1v) is 9.91. The Morgan fingerprint density at radius 2 is 2.21 bits per heavy atom. The van der Waals surface area contributed by atoms with Gasteiger partial charge in [-0.25, -0.2) is 4.79 Å². The topological polar surface area (TPSA) is 67.8 Å². The predicted molar refractivity (Wildman–Crippen MR) is 101 cm³/mol. The van der Waals surface area contributed by atoms with Gasteiger partial charge >= 0.3 is 5.97 Å². The van der Waals surface area contributed by atoms with Gasteiger partial charge in [-0.1, -0.05) is 48.6 Å². The standard InChI is InChI=1S/C17H22N2O3S2/c1-3-12(2)19-15(20)10-22-16(21)14-7-5-4-6-13(14)11-24-17-18-8-9-23-17/h4-7,12H,3,8-11H2,1-2H3,(H,19,20)/t12-/m0/s1. The van der Waals surface area contributed by atoms with Crippen LogP contribution in [0.5, 0.6) is 0 Å². The van der Waals surface area contributed by atoms with E-state index in [0.717, 1.165) is 28.7 Å². The minimum atomic E-state index is -0.466. The van der Waals surface area contributed by atoms with Crippen molar-refractivity contribution in [3.8, 4) is 0 Å². The second-order valence-electron chi connectivity index (χ2n) is 5.39. The van der Waals surface area contributed by atoms with Gasteiger partial charge in [0.05, 0.1) is 12.1 Å². The monoisotopic (exact) mass is 366 g/mol. The number of hydrogen-bond donors (Lipinski definition) is 1. The van der Waals surface area contributed by atoms with Gasteiger partial charge in [0.15, 0.2) is 6.61 Å². The number of hydrogen-bond acceptors (Lipinski definition) is 6. The van der Waals surface area contributed by atoms with Crippen LogP contribution >= 0.6 is 23.5 Å². The molecule has 1 heterocycles. The van der Waals surface area contributed by atoms with Crippen LogP contribution < -0.4 is 5.32 Å². The molecule has 0 unspecified atom stereocenters. The lowest BCUT2D eigenvalue weighted by Gasteiger charge is -2.12. The molecule has 0 aromatic heterocycles. The summed E-state index contributed by atoms with van der Waals surface area (Å²) in [4.78, 5) is 28.4. The zero-order chi connectivity index (χ0) is 17.4. The van der Waals surface area contributed by atoms with Gasteiger partial charge in [-0.3, -0.25) is 9.79 Å². The van der Waals surface area contributed by atoms with Gasteiger partial charge in [0.25, 0.3) is 5.91 Å². The molecule has 1 aromatic carbocycles. The quantitative estimate of drug-likeness (QED) is 0.751. The maximum Gasteiger partial charge on any atom is 0.338 e. The molecular formula is C17H22N2O3S2. The van der Waals surface area contributed by atoms with Gasteiger partial charge in [0.2, 0.25) is 0 Å². The highest BCUT2D eigenvalue weighted by atomic mass is 32.2. The van der Waals surface area contributed by atoms with Crippen LogP contribution in [0.1, 0.15) is 36.2 Å². The Hall–Kier alpha value is -1.47. The zero-order valence-corrected chi connectivity index (χ0v) is 15.5. The Kier molecular flexibility index (Phi) is 7.65. The van der Waals surface area contributed by atoms with Crippen LogP contribution in [0.25, 0.3) is 0 Å². The van der Waals surface area contributed by atoms with E-state index in [1.54, 1.807) is 35.7 Å². The van der Waals surface area contributed by atoms with Gasteiger partial charge in [0.1, 0.15) is 4.38 Å². The van der Waals surface area contributed by atoms with Gasteiger partial charge in [-0.05, 0) is 25.0 Å². The summed E-state index contributed by atoms with van der Waals surface area (Å²) in [5, 5.41) is 2.77. The van der Waals surface area contributed by atoms with Crippen molar-refractivity contribution in [3.63, 3.8) is 0 Å². The molecule has 5 nitrogen and oxygen atoms in total. The fourth-order valence-electron chi connectivity index (χ4n) is 2.02. The maximum atomic E-state index is 12.3. The smallest absolute Gasteiger partial charge is 0.338 e. The molecule has 0 saturated heterocycles. The van der Waals surface area contributed by atoms with Crippen LogP contribution in [0.2, 0.25) is 0 Å². The highest BCUT2D eigenvalue weighted by Crippen LogP contribution is 2.26. The number of nitrogens with one attached hydrogen (secondary N) is 1. The van der Waals surface area contributed by atoms with E-state index in [9.17, 15) is 9.59 Å². The summed E-state index contributed by atoms with van der Waals surface area (Å²) in [7, 11) is 0. The number of ether oxygens (including phenoxy) is 1. The summed E-state index contributed by atoms with van der Waals surface area (Å²) in [6, 6.07) is 7.40. The number of carbonyl (C=O) groups excluding carboxylic acids is 2. The number of esters is 1. The number of thioether (sulfide) groups is 2. The Morgan fingerprint density at radius 3 is 2.92 bits per heavy atom. The number of rotatable bonds is 7. The van der Waals surface area contributed by atoms with Gasteiger partial charge in [-0.2, -0.15) is 0 Å². The van der Waals surface area contributed by atoms with Crippen molar-refractivity contribution in [2.45, 2.75) is 32.1 Å². The molecule has 2 rings (SSSR count). The molecule has 0 spiro atoms. The molecule has 1 aliphatic rings. The van der Waals surface area contributed by atoms with Crippen LogP contribution in [-0.4, -0.2) is 41.2 Å². The molecular weight excluding hydrogens is 344 g/mol. The first kappa shape index (κ1) is 18.9. The molecule has 24 heavy (non-hydrogen) atoms. The average molecular weight is 367 g/mol. The average Bonchev–Trinajstić information content (AvgIpc) is 3.11. The van der Waals surface area contributed by atoms with Gasteiger partial charge in [0, 0.05) is 17.5 Å². The molecule has 130 valence electrons. The van der Waals surface area contributed by atoms with Crippen LogP contribution in [0.4, 0.5) is 0 Å². The van der Waals surface area contributed by atoms with E-state index < -0.39 is 5.97 Å². The van der Waals surface area contributed by atoms with Crippen molar-refractivity contribution in [1.82, 2.24) is 5.32 Å². The van der Waals surface area contributed by atoms with Crippen molar-refractivity contribution in [2.24, 2.45) is 4.99 Å². The second kappa shape index (κ2) is 9.74. The van der Waals surface area contributed by atoms with Crippen LogP contribution in [0, 0.1) is 0 Å². The molecule has 0 bridgehead atoms. The van der Waals surface area contributed by atoms with E-state index in [2.05, 4.69) is 10.3 Å². The molecule has 7 heteroatoms. The Labute approximate surface area is 151 Å². The number of nitrogens with zero attached hydrogens (tertiary/aromatic N) is 1. The van der Waals surface area contributed by atoms with Crippen molar-refractivity contribution in [1.29, 1.82) is 0 Å². The van der Waals surface area contributed by atoms with Crippen molar-refractivity contribution in [3.05, 3.63) is 35.4 Å². The normalized spacial score (nSPS) is 14.8. The molecule has 0 radical (unpaired) electrons. The third kappa shape index (κ3) is 5.87. The molecule has 1 atom stereocenters. The summed E-state index contributed by atoms with van der Waals surface area (Å²) in [6.07, 6.45) is 0.835. The molecule has 1 aromatic rings. The number of carbonyl (C=O) groups is 2. The second-order valence-corrected chi connectivity index (χ2v) is 7.70. The van der Waals surface area contributed by atoms with Crippen molar-refractivity contribution < 1.29 is 14.3 Å². The molecule has 0 saturated carbocycles. The summed E-state index contributed by atoms with van der Waals surface area (Å²) in [6.45, 7) is 4.50. The first-order chi connectivity index (χ1) is 11.6. The molecule has 1 N–H and O–H groups in total. The van der Waals surface area contributed by atoms with Crippen molar-refractivity contribution >= 4 is 39.8 Å². The molecule has 1 aliphatic heterocycles. The van der Waals surface area contributed by atoms with Gasteiger partial charge in [-0.15, -0.1) is 0 Å². The van der Waals surface area contributed by atoms with E-state index in [-0.39, 0.29) is 18.6 Å². The highest BCUT2D eigenvalue weighted by Gasteiger charge is 2.16. The Balaban J connectivity index is 1.90. The predicted octanol–water partition coefficient (Wildman–Crippen LogP) is 3.09. The minimum absolute atomic E-state index is 0.0737. The fraction of sp³-hybridized carbons (Fsp3) is 0.471. The van der Waals surface area contributed by atoms with Crippen LogP contribution in [-0.2, 0) is 15.3 Å². The number of aliphatic imine (C=N–C) groups is 1. The lowest BCUT2D eigenvalue weighted by molar-refractivity contribution is -0.124. The lowest BCUT2D eigenvalue weighted by Crippen LogP contribution is -2.35. The molecule has 0 fully saturated rings. The van der Waals surface area contributed by atoms with E-state index >= 15 is 0 Å². The molecule has 1 amide bonds. The summed E-state index contributed by atoms with van der Waals surface area (Å²) < 4.78 is 6.21. The third-order valence-electron chi connectivity index (χ3n) is 3.50. The minimum Gasteiger partial charge on any atom is -0.452 e. The van der Waals surface area contributed by atoms with E-state index in [0.29, 0.717) is 11.3 Å². The van der Waals surface area contributed by atoms with Gasteiger partial charge < -0.3 is 10.1 Å². The van der Waals surface area contributed by atoms with Crippen LogP contribution in [0.15, 0.2) is 29.3 Å². The third-order valence-corrected chi connectivity index (χ3v) is 5.80. The molecule has 0 aliphatic carbocycles. The van der Waals surface area contributed by atoms with Crippen molar-refractivity contribution in [2.75, 3.05) is 18.9 Å². The largest absolute Gasteiger partial charge is 0.452 e. The first-order valence-electron chi connectivity index (χ1n) is 7.94. The van der Waals surface area contributed by atoms with E-state index in [4.69, 9.17) is 4.74 Å². The van der Waals surface area contributed by atoms with E-state index in [1.165, 1.54) is 0 Å².